The smallest absolute Gasteiger partial charge is 0.101 e. The third kappa shape index (κ3) is 1.99. The van der Waals surface area contributed by atoms with Crippen LogP contribution in [0.4, 0.5) is 0 Å². The van der Waals surface area contributed by atoms with Crippen LogP contribution in [0.1, 0.15) is 13.8 Å². The molecule has 0 amide bonds. The van der Waals surface area contributed by atoms with Crippen LogP contribution in [0.15, 0.2) is 0 Å². The molecule has 2 nitrogen and oxygen atoms in total. The van der Waals surface area contributed by atoms with Crippen molar-refractivity contribution in [2.45, 2.75) is 24.8 Å². The first-order valence-electron chi connectivity index (χ1n) is 2.48. The second-order valence-electron chi connectivity index (χ2n) is 2.13. The second kappa shape index (κ2) is 2.67. The van der Waals surface area contributed by atoms with Crippen LogP contribution in [-0.2, 0) is 0 Å². The maximum atomic E-state index is 9.02. The van der Waals surface area contributed by atoms with Crippen molar-refractivity contribution in [1.29, 1.82) is 0 Å². The van der Waals surface area contributed by atoms with Gasteiger partial charge in [0, 0.05) is 0 Å². The highest BCUT2D eigenvalue weighted by molar-refractivity contribution is 6.21. The van der Waals surface area contributed by atoms with Crippen molar-refractivity contribution >= 4 is 11.6 Å². The van der Waals surface area contributed by atoms with Gasteiger partial charge in [0.2, 0.25) is 0 Å². The molecule has 0 aromatic rings. The molecule has 2 atom stereocenters. The van der Waals surface area contributed by atoms with Crippen LogP contribution >= 0.6 is 11.6 Å². The van der Waals surface area contributed by atoms with E-state index in [0.29, 0.717) is 0 Å². The first kappa shape index (κ1) is 8.21. The highest BCUT2D eigenvalue weighted by Crippen LogP contribution is 2.13. The summed E-state index contributed by atoms with van der Waals surface area (Å²) in [5, 5.41) is 17.0. The zero-order valence-electron chi connectivity index (χ0n) is 5.06. The van der Waals surface area contributed by atoms with E-state index in [4.69, 9.17) is 21.8 Å². The highest BCUT2D eigenvalue weighted by atomic mass is 35.5. The summed E-state index contributed by atoms with van der Waals surface area (Å²) < 4.78 is 0. The molecule has 0 aromatic carbocycles. The molecule has 8 heavy (non-hydrogen) atoms. The fourth-order valence-corrected chi connectivity index (χ4v) is 0.195. The van der Waals surface area contributed by atoms with Gasteiger partial charge in [0.1, 0.15) is 5.60 Å². The van der Waals surface area contributed by atoms with Crippen LogP contribution in [0.5, 0.6) is 0 Å². The van der Waals surface area contributed by atoms with Crippen LogP contribution in [0, 0.1) is 0 Å². The number of aliphatic hydroxyl groups excluding tert-OH is 1. The molecule has 0 aliphatic heterocycles. The summed E-state index contributed by atoms with van der Waals surface area (Å²) >= 11 is 5.46. The van der Waals surface area contributed by atoms with Gasteiger partial charge in [-0.15, -0.1) is 11.6 Å². The lowest BCUT2D eigenvalue weighted by Gasteiger charge is -2.22. The van der Waals surface area contributed by atoms with Gasteiger partial charge < -0.3 is 10.2 Å². The molecule has 0 spiro atoms. The summed E-state index contributed by atoms with van der Waals surface area (Å²) in [4.78, 5) is 0. The minimum Gasteiger partial charge on any atom is -0.393 e. The fourth-order valence-electron chi connectivity index (χ4n) is 0.126. The van der Waals surface area contributed by atoms with Crippen LogP contribution in [0.2, 0.25) is 0 Å². The van der Waals surface area contributed by atoms with Gasteiger partial charge in [0.25, 0.3) is 0 Å². The van der Waals surface area contributed by atoms with Crippen LogP contribution in [0.25, 0.3) is 0 Å². The lowest BCUT2D eigenvalue weighted by atomic mass is 10.1. The van der Waals surface area contributed by atoms with Crippen molar-refractivity contribution in [3.63, 3.8) is 0 Å². The standard InChI is InChI=1S/C5H11ClO2/c1-4(6)5(2,8)3-7/h4,7-8H,3H2,1-2H3. The minimum atomic E-state index is -1.14. The van der Waals surface area contributed by atoms with E-state index in [1.165, 1.54) is 6.92 Å². The monoisotopic (exact) mass is 138 g/mol. The molecule has 0 rings (SSSR count). The number of rotatable bonds is 2. The van der Waals surface area contributed by atoms with Crippen molar-refractivity contribution in [1.82, 2.24) is 0 Å². The van der Waals surface area contributed by atoms with Crippen LogP contribution in [0.3, 0.4) is 0 Å². The lowest BCUT2D eigenvalue weighted by Crippen LogP contribution is -2.37. The Morgan fingerprint density at radius 2 is 2.12 bits per heavy atom. The summed E-state index contributed by atoms with van der Waals surface area (Å²) in [5.74, 6) is 0. The summed E-state index contributed by atoms with van der Waals surface area (Å²) in [7, 11) is 0. The molecule has 0 heterocycles. The van der Waals surface area contributed by atoms with Gasteiger partial charge in [-0.05, 0) is 13.8 Å². The van der Waals surface area contributed by atoms with Crippen molar-refractivity contribution in [3.8, 4) is 0 Å². The van der Waals surface area contributed by atoms with E-state index < -0.39 is 11.0 Å². The van der Waals surface area contributed by atoms with Crippen molar-refractivity contribution in [2.75, 3.05) is 6.61 Å². The maximum absolute atomic E-state index is 9.02. The zero-order chi connectivity index (χ0) is 6.78. The fraction of sp³-hybridized carbons (Fsp3) is 1.00. The van der Waals surface area contributed by atoms with E-state index in [1.54, 1.807) is 6.92 Å². The zero-order valence-corrected chi connectivity index (χ0v) is 5.81. The third-order valence-electron chi connectivity index (χ3n) is 1.18. The molecule has 2 unspecified atom stereocenters. The molecule has 2 N–H and O–H groups in total. The van der Waals surface area contributed by atoms with Crippen LogP contribution < -0.4 is 0 Å². The third-order valence-corrected chi connectivity index (χ3v) is 1.65. The molecule has 0 saturated carbocycles. The Bertz CT molecular complexity index is 70.8. The lowest BCUT2D eigenvalue weighted by molar-refractivity contribution is 0.00210. The Morgan fingerprint density at radius 3 is 2.12 bits per heavy atom. The summed E-state index contributed by atoms with van der Waals surface area (Å²) in [6, 6.07) is 0. The maximum Gasteiger partial charge on any atom is 0.101 e. The van der Waals surface area contributed by atoms with Gasteiger partial charge in [-0.2, -0.15) is 0 Å². The quantitative estimate of drug-likeness (QED) is 0.541. The Labute approximate surface area is 54.1 Å². The van der Waals surface area contributed by atoms with E-state index in [1.807, 2.05) is 0 Å². The topological polar surface area (TPSA) is 40.5 Å². The number of aliphatic hydroxyl groups is 2. The molecule has 0 saturated heterocycles. The number of hydrogen-bond donors (Lipinski definition) is 2. The summed E-state index contributed by atoms with van der Waals surface area (Å²) in [6.45, 7) is 2.83. The van der Waals surface area contributed by atoms with E-state index in [-0.39, 0.29) is 6.61 Å². The summed E-state index contributed by atoms with van der Waals surface area (Å²) in [5.41, 5.74) is -1.14. The SMILES string of the molecule is CC(Cl)C(C)(O)CO. The highest BCUT2D eigenvalue weighted by Gasteiger charge is 2.24. The molecular weight excluding hydrogens is 128 g/mol. The molecule has 0 fully saturated rings. The molecule has 0 radical (unpaired) electrons. The van der Waals surface area contributed by atoms with Gasteiger partial charge >= 0.3 is 0 Å². The first-order chi connectivity index (χ1) is 3.50. The normalized spacial score (nSPS) is 22.1. The average Bonchev–Trinajstić information content (AvgIpc) is 1.67. The number of halogens is 1. The van der Waals surface area contributed by atoms with Crippen molar-refractivity contribution < 1.29 is 10.2 Å². The van der Waals surface area contributed by atoms with Gasteiger partial charge in [-0.1, -0.05) is 0 Å². The van der Waals surface area contributed by atoms with Crippen molar-refractivity contribution in [2.24, 2.45) is 0 Å². The number of hydrogen-bond acceptors (Lipinski definition) is 2. The van der Waals surface area contributed by atoms with Crippen molar-refractivity contribution in [3.05, 3.63) is 0 Å². The van der Waals surface area contributed by atoms with E-state index >= 15 is 0 Å². The van der Waals surface area contributed by atoms with E-state index in [9.17, 15) is 0 Å². The predicted octanol–water partition coefficient (Wildman–Crippen LogP) is 0.357. The molecule has 0 aliphatic rings. The Hall–Kier alpha value is 0.210. The average molecular weight is 139 g/mol. The molecule has 50 valence electrons. The Morgan fingerprint density at radius 1 is 1.75 bits per heavy atom. The van der Waals surface area contributed by atoms with Gasteiger partial charge in [0.05, 0.1) is 12.0 Å². The Kier molecular flexibility index (Phi) is 2.74. The minimum absolute atomic E-state index is 0.294. The molecule has 0 bridgehead atoms. The predicted molar refractivity (Wildman–Crippen MR) is 33.0 cm³/mol. The van der Waals surface area contributed by atoms with Gasteiger partial charge in [-0.25, -0.2) is 0 Å². The van der Waals surface area contributed by atoms with E-state index in [0.717, 1.165) is 0 Å². The first-order valence-corrected chi connectivity index (χ1v) is 2.91. The van der Waals surface area contributed by atoms with E-state index in [2.05, 4.69) is 0 Å². The number of alkyl halides is 1. The summed E-state index contributed by atoms with van der Waals surface area (Å²) in [6.07, 6.45) is 0. The van der Waals surface area contributed by atoms with Gasteiger partial charge in [-0.3, -0.25) is 0 Å². The largest absolute Gasteiger partial charge is 0.393 e. The second-order valence-corrected chi connectivity index (χ2v) is 2.79. The molecular formula is C5H11ClO2. The molecule has 0 aromatic heterocycles. The van der Waals surface area contributed by atoms with Crippen LogP contribution in [-0.4, -0.2) is 27.8 Å². The Balaban J connectivity index is 3.71. The molecule has 0 aliphatic carbocycles. The van der Waals surface area contributed by atoms with Gasteiger partial charge in [0.15, 0.2) is 0 Å². The molecule has 3 heteroatoms.